The van der Waals surface area contributed by atoms with E-state index in [0.717, 1.165) is 18.9 Å². The van der Waals surface area contributed by atoms with Crippen LogP contribution in [0.3, 0.4) is 0 Å². The molecular formula is C29H27F2N7O2. The van der Waals surface area contributed by atoms with Crippen molar-refractivity contribution in [3.8, 4) is 28.8 Å². The fraction of sp³-hybridized carbons (Fsp3) is 0.276. The molecule has 40 heavy (non-hydrogen) atoms. The molecule has 1 aliphatic heterocycles. The molecule has 1 atom stereocenters. The number of aromatic nitrogens is 4. The number of nitriles is 1. The molecule has 1 saturated heterocycles. The lowest BCUT2D eigenvalue weighted by Crippen LogP contribution is -2.39. The standard InChI is InChI=1S/C29H27F2N7O2/c1-17(2)13-19(14-32)29(39)37-12-4-5-20(37)15-38-28-24(27(33)34-16-35-28)26(36-38)18-8-10-21(11-9-18)40-23-7-3-6-22(30)25(23)31/h3,6-11,13,16-17,20H,4-5,12,15H2,1-2H3,(H2,33,34,35)/t20-/m0/s1. The van der Waals surface area contributed by atoms with Crippen LogP contribution in [-0.2, 0) is 11.3 Å². The van der Waals surface area contributed by atoms with Crippen molar-refractivity contribution in [2.45, 2.75) is 39.3 Å². The van der Waals surface area contributed by atoms with Gasteiger partial charge in [0.05, 0.1) is 18.0 Å². The largest absolute Gasteiger partial charge is 0.454 e. The molecule has 1 amide bonds. The predicted octanol–water partition coefficient (Wildman–Crippen LogP) is 5.24. The number of ether oxygens (including phenoxy) is 1. The number of likely N-dealkylation sites (tertiary alicyclic amines) is 1. The predicted molar refractivity (Wildman–Crippen MR) is 145 cm³/mol. The van der Waals surface area contributed by atoms with E-state index in [1.165, 1.54) is 18.5 Å². The van der Waals surface area contributed by atoms with E-state index in [1.807, 2.05) is 19.9 Å². The van der Waals surface area contributed by atoms with Gasteiger partial charge in [-0.2, -0.15) is 14.8 Å². The maximum absolute atomic E-state index is 14.0. The minimum absolute atomic E-state index is 0.0709. The Labute approximate surface area is 229 Å². The van der Waals surface area contributed by atoms with Crippen LogP contribution in [0.15, 0.2) is 60.4 Å². The van der Waals surface area contributed by atoms with E-state index < -0.39 is 11.6 Å². The Hall–Kier alpha value is -4.85. The molecule has 204 valence electrons. The van der Waals surface area contributed by atoms with Crippen LogP contribution in [0.1, 0.15) is 26.7 Å². The number of anilines is 1. The summed E-state index contributed by atoms with van der Waals surface area (Å²) in [5, 5.41) is 14.9. The summed E-state index contributed by atoms with van der Waals surface area (Å²) >= 11 is 0. The molecule has 3 heterocycles. The van der Waals surface area contributed by atoms with Crippen LogP contribution >= 0.6 is 0 Å². The number of carbonyl (C=O) groups is 1. The number of benzene rings is 2. The Bertz CT molecular complexity index is 1640. The molecule has 0 bridgehead atoms. The van der Waals surface area contributed by atoms with Crippen LogP contribution in [0, 0.1) is 28.9 Å². The molecule has 2 aromatic carbocycles. The molecule has 0 unspecified atom stereocenters. The second-order valence-electron chi connectivity index (χ2n) is 9.90. The van der Waals surface area contributed by atoms with Crippen LogP contribution in [0.25, 0.3) is 22.3 Å². The molecule has 0 aliphatic carbocycles. The van der Waals surface area contributed by atoms with E-state index in [-0.39, 0.29) is 35.0 Å². The number of carbonyl (C=O) groups excluding carboxylic acids is 1. The SMILES string of the molecule is CC(C)C=C(C#N)C(=O)N1CCC[C@H]1Cn1nc(-c2ccc(Oc3cccc(F)c3F)cc2)c2c(N)ncnc21. The maximum atomic E-state index is 14.0. The molecule has 0 radical (unpaired) electrons. The van der Waals surface area contributed by atoms with Gasteiger partial charge in [-0.3, -0.25) is 4.79 Å². The van der Waals surface area contributed by atoms with Gasteiger partial charge >= 0.3 is 0 Å². The molecule has 2 aromatic heterocycles. The number of allylic oxidation sites excluding steroid dienone is 1. The number of fused-ring (bicyclic) bond motifs is 1. The average molecular weight is 544 g/mol. The maximum Gasteiger partial charge on any atom is 0.264 e. The summed E-state index contributed by atoms with van der Waals surface area (Å²) in [5.74, 6) is -1.94. The second-order valence-corrected chi connectivity index (χ2v) is 9.90. The number of nitrogens with zero attached hydrogens (tertiary/aromatic N) is 6. The topological polar surface area (TPSA) is 123 Å². The van der Waals surface area contributed by atoms with Crippen LogP contribution in [0.2, 0.25) is 0 Å². The van der Waals surface area contributed by atoms with Crippen molar-refractivity contribution in [2.24, 2.45) is 5.92 Å². The number of amides is 1. The lowest BCUT2D eigenvalue weighted by atomic mass is 10.1. The lowest BCUT2D eigenvalue weighted by molar-refractivity contribution is -0.127. The smallest absolute Gasteiger partial charge is 0.264 e. The first kappa shape index (κ1) is 26.7. The van der Waals surface area contributed by atoms with Gasteiger partial charge in [0.1, 0.15) is 35.2 Å². The number of rotatable bonds is 7. The third-order valence-electron chi connectivity index (χ3n) is 6.70. The quantitative estimate of drug-likeness (QED) is 0.250. The van der Waals surface area contributed by atoms with Gasteiger partial charge in [0.2, 0.25) is 5.82 Å². The summed E-state index contributed by atoms with van der Waals surface area (Å²) in [6, 6.07) is 12.3. The van der Waals surface area contributed by atoms with Crippen molar-refractivity contribution in [3.05, 3.63) is 72.1 Å². The molecule has 1 aliphatic rings. The number of halogens is 2. The molecule has 1 fully saturated rings. The summed E-state index contributed by atoms with van der Waals surface area (Å²) in [6.45, 7) is 4.76. The molecule has 4 aromatic rings. The van der Waals surface area contributed by atoms with Crippen molar-refractivity contribution in [2.75, 3.05) is 12.3 Å². The molecule has 5 rings (SSSR count). The van der Waals surface area contributed by atoms with E-state index in [0.29, 0.717) is 41.1 Å². The Balaban J connectivity index is 1.44. The van der Waals surface area contributed by atoms with E-state index in [4.69, 9.17) is 15.6 Å². The molecule has 0 spiro atoms. The van der Waals surface area contributed by atoms with Crippen LogP contribution in [0.5, 0.6) is 11.5 Å². The number of nitrogens with two attached hydrogens (primary N) is 1. The van der Waals surface area contributed by atoms with Gasteiger partial charge in [-0.25, -0.2) is 19.0 Å². The highest BCUT2D eigenvalue weighted by atomic mass is 19.2. The highest BCUT2D eigenvalue weighted by Crippen LogP contribution is 2.33. The summed E-state index contributed by atoms with van der Waals surface area (Å²) in [4.78, 5) is 23.5. The average Bonchev–Trinajstić information content (AvgIpc) is 3.56. The van der Waals surface area contributed by atoms with Crippen LogP contribution in [-0.4, -0.2) is 43.1 Å². The number of nitrogen functional groups attached to an aromatic ring is 1. The minimum atomic E-state index is -1.07. The second kappa shape index (κ2) is 11.1. The zero-order valence-electron chi connectivity index (χ0n) is 22.0. The van der Waals surface area contributed by atoms with E-state index in [1.54, 1.807) is 39.9 Å². The Morgan fingerprint density at radius 2 is 2.00 bits per heavy atom. The van der Waals surface area contributed by atoms with Crippen molar-refractivity contribution < 1.29 is 18.3 Å². The van der Waals surface area contributed by atoms with Gasteiger partial charge < -0.3 is 15.4 Å². The van der Waals surface area contributed by atoms with Gasteiger partial charge in [0, 0.05) is 12.1 Å². The Kier molecular flexibility index (Phi) is 7.42. The van der Waals surface area contributed by atoms with Crippen molar-refractivity contribution in [1.82, 2.24) is 24.6 Å². The highest BCUT2D eigenvalue weighted by Gasteiger charge is 2.32. The Morgan fingerprint density at radius 1 is 1.23 bits per heavy atom. The molecule has 2 N–H and O–H groups in total. The number of hydrogen-bond donors (Lipinski definition) is 1. The van der Waals surface area contributed by atoms with Gasteiger partial charge in [-0.1, -0.05) is 26.0 Å². The minimum Gasteiger partial charge on any atom is -0.454 e. The summed E-state index contributed by atoms with van der Waals surface area (Å²) < 4.78 is 34.8. The third-order valence-corrected chi connectivity index (χ3v) is 6.70. The Morgan fingerprint density at radius 3 is 2.73 bits per heavy atom. The van der Waals surface area contributed by atoms with Crippen LogP contribution in [0.4, 0.5) is 14.6 Å². The summed E-state index contributed by atoms with van der Waals surface area (Å²) in [7, 11) is 0. The zero-order chi connectivity index (χ0) is 28.4. The summed E-state index contributed by atoms with van der Waals surface area (Å²) in [6.07, 6.45) is 4.61. The summed E-state index contributed by atoms with van der Waals surface area (Å²) in [5.41, 5.74) is 8.11. The van der Waals surface area contributed by atoms with E-state index in [9.17, 15) is 18.8 Å². The molecular weight excluding hydrogens is 516 g/mol. The van der Waals surface area contributed by atoms with Gasteiger partial charge in [0.25, 0.3) is 5.91 Å². The van der Waals surface area contributed by atoms with Crippen molar-refractivity contribution in [1.29, 1.82) is 5.26 Å². The van der Waals surface area contributed by atoms with Gasteiger partial charge in [-0.05, 0) is 55.2 Å². The van der Waals surface area contributed by atoms with Gasteiger partial charge in [0.15, 0.2) is 17.2 Å². The zero-order valence-corrected chi connectivity index (χ0v) is 22.0. The van der Waals surface area contributed by atoms with Crippen molar-refractivity contribution >= 4 is 22.8 Å². The fourth-order valence-corrected chi connectivity index (χ4v) is 4.87. The van der Waals surface area contributed by atoms with Gasteiger partial charge in [-0.15, -0.1) is 0 Å². The third kappa shape index (κ3) is 5.20. The monoisotopic (exact) mass is 543 g/mol. The highest BCUT2D eigenvalue weighted by molar-refractivity contribution is 5.99. The molecule has 0 saturated carbocycles. The molecule has 9 nitrogen and oxygen atoms in total. The molecule has 11 heteroatoms. The lowest BCUT2D eigenvalue weighted by Gasteiger charge is -2.24. The van der Waals surface area contributed by atoms with Crippen LogP contribution < -0.4 is 10.5 Å². The normalized spacial score (nSPS) is 15.6. The fourth-order valence-electron chi connectivity index (χ4n) is 4.87. The number of hydrogen-bond acceptors (Lipinski definition) is 7. The first-order valence-electron chi connectivity index (χ1n) is 12.9. The van der Waals surface area contributed by atoms with Crippen molar-refractivity contribution in [3.63, 3.8) is 0 Å². The van der Waals surface area contributed by atoms with E-state index >= 15 is 0 Å². The first-order valence-corrected chi connectivity index (χ1v) is 12.9. The van der Waals surface area contributed by atoms with E-state index in [2.05, 4.69) is 9.97 Å². The first-order chi connectivity index (χ1) is 19.3.